The quantitative estimate of drug-likeness (QED) is 0.727. The highest BCUT2D eigenvalue weighted by Gasteiger charge is 2.25. The van der Waals surface area contributed by atoms with Gasteiger partial charge in [0, 0.05) is 51.5 Å². The largest absolute Gasteiger partial charge is 0.379 e. The molecular formula is C20H30N4O3. The summed E-state index contributed by atoms with van der Waals surface area (Å²) >= 11 is 0. The molecule has 2 heterocycles. The summed E-state index contributed by atoms with van der Waals surface area (Å²) in [4.78, 5) is 33.2. The van der Waals surface area contributed by atoms with E-state index in [1.54, 1.807) is 0 Å². The van der Waals surface area contributed by atoms with Crippen LogP contribution in [0, 0.1) is 0 Å². The molecule has 0 aromatic heterocycles. The molecule has 0 aliphatic carbocycles. The molecule has 0 atom stereocenters. The number of anilines is 1. The van der Waals surface area contributed by atoms with Crippen molar-refractivity contribution in [2.75, 3.05) is 77.0 Å². The minimum absolute atomic E-state index is 0.108. The molecule has 2 fully saturated rings. The standard InChI is InChI=1S/C20H30N4O3/c1-2-24(18-6-4-3-5-7-18)20(26)17-21-8-10-23(11-9-21)19(25)16-22-12-14-27-15-13-22/h3-7H,2,8-17H2,1H3. The first-order valence-corrected chi connectivity index (χ1v) is 9.83. The van der Waals surface area contributed by atoms with Crippen molar-refractivity contribution in [2.45, 2.75) is 6.92 Å². The van der Waals surface area contributed by atoms with Crippen molar-refractivity contribution in [1.82, 2.24) is 14.7 Å². The molecule has 7 heteroatoms. The van der Waals surface area contributed by atoms with Gasteiger partial charge in [0.2, 0.25) is 11.8 Å². The van der Waals surface area contributed by atoms with E-state index in [0.717, 1.165) is 31.9 Å². The number of para-hydroxylation sites is 1. The molecule has 0 spiro atoms. The molecule has 148 valence electrons. The van der Waals surface area contributed by atoms with E-state index < -0.39 is 0 Å². The summed E-state index contributed by atoms with van der Waals surface area (Å²) in [6.45, 7) is 9.44. The summed E-state index contributed by atoms with van der Waals surface area (Å²) in [5.74, 6) is 0.291. The van der Waals surface area contributed by atoms with Crippen LogP contribution in [-0.2, 0) is 14.3 Å². The van der Waals surface area contributed by atoms with Gasteiger partial charge < -0.3 is 14.5 Å². The number of carbonyl (C=O) groups is 2. The minimum Gasteiger partial charge on any atom is -0.379 e. The Morgan fingerprint density at radius 1 is 0.926 bits per heavy atom. The Balaban J connectivity index is 1.44. The molecule has 7 nitrogen and oxygen atoms in total. The number of nitrogens with zero attached hydrogens (tertiary/aromatic N) is 4. The third kappa shape index (κ3) is 5.51. The third-order valence-corrected chi connectivity index (χ3v) is 5.23. The van der Waals surface area contributed by atoms with E-state index >= 15 is 0 Å². The van der Waals surface area contributed by atoms with Crippen molar-refractivity contribution < 1.29 is 14.3 Å². The number of hydrogen-bond donors (Lipinski definition) is 0. The Hall–Kier alpha value is -1.96. The predicted octanol–water partition coefficient (Wildman–Crippen LogP) is 0.516. The molecule has 2 amide bonds. The van der Waals surface area contributed by atoms with E-state index in [2.05, 4.69) is 9.80 Å². The molecule has 3 rings (SSSR count). The second kappa shape index (κ2) is 9.82. The topological polar surface area (TPSA) is 56.3 Å². The van der Waals surface area contributed by atoms with Crippen LogP contribution in [-0.4, -0.2) is 98.6 Å². The molecule has 0 bridgehead atoms. The summed E-state index contributed by atoms with van der Waals surface area (Å²) in [7, 11) is 0. The first kappa shape index (κ1) is 19.8. The molecule has 1 aromatic carbocycles. The van der Waals surface area contributed by atoms with Crippen LogP contribution in [0.4, 0.5) is 5.69 Å². The zero-order valence-electron chi connectivity index (χ0n) is 16.2. The predicted molar refractivity (Wildman–Crippen MR) is 105 cm³/mol. The molecule has 0 saturated carbocycles. The number of amides is 2. The molecule has 2 aliphatic heterocycles. The molecule has 27 heavy (non-hydrogen) atoms. The number of rotatable bonds is 6. The van der Waals surface area contributed by atoms with Gasteiger partial charge >= 0.3 is 0 Å². The van der Waals surface area contributed by atoms with Crippen molar-refractivity contribution in [3.8, 4) is 0 Å². The second-order valence-corrected chi connectivity index (χ2v) is 7.02. The average molecular weight is 374 g/mol. The first-order valence-electron chi connectivity index (χ1n) is 9.83. The van der Waals surface area contributed by atoms with Gasteiger partial charge in [-0.25, -0.2) is 0 Å². The van der Waals surface area contributed by atoms with E-state index in [1.165, 1.54) is 0 Å². The summed E-state index contributed by atoms with van der Waals surface area (Å²) in [5, 5.41) is 0. The monoisotopic (exact) mass is 374 g/mol. The Morgan fingerprint density at radius 3 is 2.19 bits per heavy atom. The highest BCUT2D eigenvalue weighted by Crippen LogP contribution is 2.14. The van der Waals surface area contributed by atoms with Gasteiger partial charge in [0.25, 0.3) is 0 Å². The number of benzene rings is 1. The van der Waals surface area contributed by atoms with E-state index in [1.807, 2.05) is 47.1 Å². The maximum Gasteiger partial charge on any atom is 0.241 e. The van der Waals surface area contributed by atoms with Gasteiger partial charge in [-0.15, -0.1) is 0 Å². The van der Waals surface area contributed by atoms with Crippen LogP contribution in [0.25, 0.3) is 0 Å². The normalized spacial score (nSPS) is 19.1. The van der Waals surface area contributed by atoms with Gasteiger partial charge in [-0.05, 0) is 19.1 Å². The number of morpholine rings is 1. The lowest BCUT2D eigenvalue weighted by molar-refractivity contribution is -0.135. The SMILES string of the molecule is CCN(C(=O)CN1CCN(C(=O)CN2CCOCC2)CC1)c1ccccc1. The molecular weight excluding hydrogens is 344 g/mol. The van der Waals surface area contributed by atoms with Gasteiger partial charge in [0.1, 0.15) is 0 Å². The fourth-order valence-electron chi connectivity index (χ4n) is 3.59. The van der Waals surface area contributed by atoms with Crippen molar-refractivity contribution in [1.29, 1.82) is 0 Å². The van der Waals surface area contributed by atoms with Gasteiger partial charge in [-0.2, -0.15) is 0 Å². The summed E-state index contributed by atoms with van der Waals surface area (Å²) in [6, 6.07) is 9.77. The van der Waals surface area contributed by atoms with Gasteiger partial charge in [0.15, 0.2) is 0 Å². The molecule has 0 radical (unpaired) electrons. The van der Waals surface area contributed by atoms with Crippen LogP contribution in [0.15, 0.2) is 30.3 Å². The van der Waals surface area contributed by atoms with Crippen molar-refractivity contribution in [2.24, 2.45) is 0 Å². The average Bonchev–Trinajstić information content (AvgIpc) is 2.70. The zero-order valence-corrected chi connectivity index (χ0v) is 16.2. The van der Waals surface area contributed by atoms with Crippen LogP contribution >= 0.6 is 0 Å². The molecule has 0 unspecified atom stereocenters. The number of likely N-dealkylation sites (N-methyl/N-ethyl adjacent to an activating group) is 1. The van der Waals surface area contributed by atoms with Crippen molar-refractivity contribution in [3.05, 3.63) is 30.3 Å². The lowest BCUT2D eigenvalue weighted by Crippen LogP contribution is -2.54. The Labute approximate surface area is 161 Å². The summed E-state index contributed by atoms with van der Waals surface area (Å²) < 4.78 is 5.33. The van der Waals surface area contributed by atoms with Crippen LogP contribution < -0.4 is 4.90 Å². The van der Waals surface area contributed by atoms with E-state index in [9.17, 15) is 9.59 Å². The number of ether oxygens (including phenoxy) is 1. The lowest BCUT2D eigenvalue weighted by atomic mass is 10.2. The number of hydrogen-bond acceptors (Lipinski definition) is 5. The van der Waals surface area contributed by atoms with Gasteiger partial charge in [-0.3, -0.25) is 19.4 Å². The fraction of sp³-hybridized carbons (Fsp3) is 0.600. The van der Waals surface area contributed by atoms with Crippen LogP contribution in [0.1, 0.15) is 6.92 Å². The van der Waals surface area contributed by atoms with Gasteiger partial charge in [-0.1, -0.05) is 18.2 Å². The number of piperazine rings is 1. The first-order chi connectivity index (χ1) is 13.2. The maximum absolute atomic E-state index is 12.7. The summed E-state index contributed by atoms with van der Waals surface area (Å²) in [5.41, 5.74) is 0.935. The van der Waals surface area contributed by atoms with E-state index in [0.29, 0.717) is 45.9 Å². The molecule has 2 aliphatic rings. The Kier molecular flexibility index (Phi) is 7.20. The minimum atomic E-state index is 0.108. The summed E-state index contributed by atoms with van der Waals surface area (Å²) in [6.07, 6.45) is 0. The van der Waals surface area contributed by atoms with E-state index in [-0.39, 0.29) is 11.8 Å². The Bertz CT molecular complexity index is 611. The van der Waals surface area contributed by atoms with Gasteiger partial charge in [0.05, 0.1) is 26.3 Å². The highest BCUT2D eigenvalue weighted by molar-refractivity contribution is 5.94. The van der Waals surface area contributed by atoms with Crippen molar-refractivity contribution >= 4 is 17.5 Å². The number of carbonyl (C=O) groups excluding carboxylic acids is 2. The second-order valence-electron chi connectivity index (χ2n) is 7.02. The molecule has 0 N–H and O–H groups in total. The molecule has 1 aromatic rings. The zero-order chi connectivity index (χ0) is 19.1. The van der Waals surface area contributed by atoms with Crippen LogP contribution in [0.2, 0.25) is 0 Å². The van der Waals surface area contributed by atoms with Crippen molar-refractivity contribution in [3.63, 3.8) is 0 Å². The Morgan fingerprint density at radius 2 is 1.56 bits per heavy atom. The molecule has 2 saturated heterocycles. The van der Waals surface area contributed by atoms with E-state index in [4.69, 9.17) is 4.74 Å². The maximum atomic E-state index is 12.7. The lowest BCUT2D eigenvalue weighted by Gasteiger charge is -2.36. The smallest absolute Gasteiger partial charge is 0.241 e. The van der Waals surface area contributed by atoms with Crippen LogP contribution in [0.3, 0.4) is 0 Å². The van der Waals surface area contributed by atoms with Crippen LogP contribution in [0.5, 0.6) is 0 Å². The fourth-order valence-corrected chi connectivity index (χ4v) is 3.59. The third-order valence-electron chi connectivity index (χ3n) is 5.23. The highest BCUT2D eigenvalue weighted by atomic mass is 16.5.